The normalized spacial score (nSPS) is 24.2. The lowest BCUT2D eigenvalue weighted by Crippen LogP contribution is -2.34. The van der Waals surface area contributed by atoms with Gasteiger partial charge >= 0.3 is 0 Å². The van der Waals surface area contributed by atoms with Gasteiger partial charge < -0.3 is 5.32 Å². The van der Waals surface area contributed by atoms with Gasteiger partial charge in [0.15, 0.2) is 0 Å². The maximum Gasteiger partial charge on any atom is 0.0222 e. The number of halogens is 1. The Balaban J connectivity index is 1.87. The van der Waals surface area contributed by atoms with Crippen molar-refractivity contribution < 1.29 is 0 Å². The first-order chi connectivity index (χ1) is 8.69. The lowest BCUT2D eigenvalue weighted by molar-refractivity contribution is 0.379. The first kappa shape index (κ1) is 14.4. The van der Waals surface area contributed by atoms with Gasteiger partial charge in [0.25, 0.3) is 0 Å². The highest BCUT2D eigenvalue weighted by molar-refractivity contribution is 9.10. The van der Waals surface area contributed by atoms with Crippen LogP contribution < -0.4 is 5.32 Å². The molecule has 0 bridgehead atoms. The van der Waals surface area contributed by atoms with E-state index in [9.17, 15) is 0 Å². The molecule has 1 saturated carbocycles. The van der Waals surface area contributed by atoms with Crippen molar-refractivity contribution in [1.82, 2.24) is 5.32 Å². The van der Waals surface area contributed by atoms with Crippen LogP contribution in [0.25, 0.3) is 0 Å². The predicted octanol–water partition coefficient (Wildman–Crippen LogP) is 4.52. The number of nitrogens with one attached hydrogen (secondary N) is 1. The van der Waals surface area contributed by atoms with Crippen LogP contribution in [0.2, 0.25) is 0 Å². The average molecular weight is 328 g/mol. The Morgan fingerprint density at radius 3 is 2.94 bits per heavy atom. The van der Waals surface area contributed by atoms with E-state index in [0.717, 1.165) is 11.8 Å². The summed E-state index contributed by atoms with van der Waals surface area (Å²) < 4.78 is 1.23. The zero-order valence-electron chi connectivity index (χ0n) is 11.2. The quantitative estimate of drug-likeness (QED) is 0.872. The summed E-state index contributed by atoms with van der Waals surface area (Å²) in [4.78, 5) is 0. The zero-order chi connectivity index (χ0) is 13.0. The van der Waals surface area contributed by atoms with E-state index in [1.54, 1.807) is 0 Å². The largest absolute Gasteiger partial charge is 0.310 e. The number of hydrogen-bond acceptors (Lipinski definition) is 2. The summed E-state index contributed by atoms with van der Waals surface area (Å²) in [6.45, 7) is 3.11. The fourth-order valence-corrected chi connectivity index (χ4v) is 4.05. The first-order valence-electron chi connectivity index (χ1n) is 6.70. The van der Waals surface area contributed by atoms with E-state index in [0.29, 0.717) is 6.04 Å². The number of rotatable bonds is 4. The third kappa shape index (κ3) is 4.01. The van der Waals surface area contributed by atoms with Gasteiger partial charge in [-0.1, -0.05) is 34.5 Å². The van der Waals surface area contributed by atoms with E-state index in [1.807, 2.05) is 11.8 Å². The van der Waals surface area contributed by atoms with E-state index in [2.05, 4.69) is 52.6 Å². The molecule has 0 radical (unpaired) electrons. The Kier molecular flexibility index (Phi) is 5.58. The summed E-state index contributed by atoms with van der Waals surface area (Å²) in [5.41, 5.74) is 2.68. The molecule has 0 aliphatic heterocycles. The summed E-state index contributed by atoms with van der Waals surface area (Å²) in [6, 6.07) is 7.31. The van der Waals surface area contributed by atoms with Gasteiger partial charge in [-0.15, -0.1) is 0 Å². The van der Waals surface area contributed by atoms with Crippen LogP contribution in [-0.4, -0.2) is 17.5 Å². The second-order valence-electron chi connectivity index (χ2n) is 5.20. The van der Waals surface area contributed by atoms with Gasteiger partial charge in [0.05, 0.1) is 0 Å². The van der Waals surface area contributed by atoms with Crippen molar-refractivity contribution in [2.45, 2.75) is 50.4 Å². The Labute approximate surface area is 123 Å². The minimum absolute atomic E-state index is 0.699. The molecule has 1 aliphatic carbocycles. The highest BCUT2D eigenvalue weighted by Crippen LogP contribution is 2.27. The van der Waals surface area contributed by atoms with Crippen molar-refractivity contribution in [2.75, 3.05) is 6.26 Å². The number of aryl methyl sites for hydroxylation is 1. The highest BCUT2D eigenvalue weighted by Gasteiger charge is 2.20. The molecule has 1 aliphatic rings. The Morgan fingerprint density at radius 1 is 1.39 bits per heavy atom. The van der Waals surface area contributed by atoms with Crippen LogP contribution in [-0.2, 0) is 6.54 Å². The molecule has 2 rings (SSSR count). The molecule has 1 fully saturated rings. The molecule has 2 atom stereocenters. The zero-order valence-corrected chi connectivity index (χ0v) is 13.6. The van der Waals surface area contributed by atoms with E-state index in [1.165, 1.54) is 41.3 Å². The van der Waals surface area contributed by atoms with Gasteiger partial charge in [0, 0.05) is 22.3 Å². The summed E-state index contributed by atoms with van der Waals surface area (Å²) in [6.07, 6.45) is 7.67. The van der Waals surface area contributed by atoms with Crippen molar-refractivity contribution in [3.8, 4) is 0 Å². The van der Waals surface area contributed by atoms with Crippen LogP contribution >= 0.6 is 27.7 Å². The molecule has 3 heteroatoms. The van der Waals surface area contributed by atoms with Crippen molar-refractivity contribution in [3.63, 3.8) is 0 Å². The molecule has 0 aromatic heterocycles. The molecule has 0 heterocycles. The Bertz CT molecular complexity index is 394. The van der Waals surface area contributed by atoms with Gasteiger partial charge in [-0.05, 0) is 49.6 Å². The van der Waals surface area contributed by atoms with Crippen LogP contribution in [0.3, 0.4) is 0 Å². The third-order valence-corrected chi connectivity index (χ3v) is 5.58. The predicted molar refractivity (Wildman–Crippen MR) is 85.3 cm³/mol. The summed E-state index contributed by atoms with van der Waals surface area (Å²) in [5, 5.41) is 4.58. The van der Waals surface area contributed by atoms with Gasteiger partial charge in [-0.25, -0.2) is 0 Å². The lowest BCUT2D eigenvalue weighted by atomic mass is 9.95. The summed E-state index contributed by atoms with van der Waals surface area (Å²) >= 11 is 5.68. The molecule has 1 aromatic rings. The highest BCUT2D eigenvalue weighted by atomic mass is 79.9. The fourth-order valence-electron chi connectivity index (χ4n) is 2.59. The molecule has 0 saturated heterocycles. The van der Waals surface area contributed by atoms with E-state index < -0.39 is 0 Å². The third-order valence-electron chi connectivity index (χ3n) is 3.75. The first-order valence-corrected chi connectivity index (χ1v) is 8.78. The molecular weight excluding hydrogens is 306 g/mol. The number of thioether (sulfide) groups is 1. The van der Waals surface area contributed by atoms with Crippen LogP contribution in [0, 0.1) is 6.92 Å². The van der Waals surface area contributed by atoms with Gasteiger partial charge in [0.1, 0.15) is 0 Å². The fraction of sp³-hybridized carbons (Fsp3) is 0.600. The Morgan fingerprint density at radius 2 is 2.22 bits per heavy atom. The van der Waals surface area contributed by atoms with E-state index in [4.69, 9.17) is 0 Å². The van der Waals surface area contributed by atoms with Gasteiger partial charge in [-0.3, -0.25) is 0 Å². The monoisotopic (exact) mass is 327 g/mol. The molecule has 18 heavy (non-hydrogen) atoms. The maximum atomic E-state index is 3.72. The summed E-state index contributed by atoms with van der Waals surface area (Å²) in [7, 11) is 0. The molecular formula is C15H22BrNS. The number of benzene rings is 1. The SMILES string of the molecule is CSC1CCCC(NCc2ccc(C)cc2Br)C1. The second-order valence-corrected chi connectivity index (χ2v) is 7.19. The molecule has 2 unspecified atom stereocenters. The van der Waals surface area contributed by atoms with Crippen molar-refractivity contribution in [2.24, 2.45) is 0 Å². The Hall–Kier alpha value is 0.01000. The second kappa shape index (κ2) is 6.97. The number of hydrogen-bond donors (Lipinski definition) is 1. The van der Waals surface area contributed by atoms with Crippen molar-refractivity contribution in [3.05, 3.63) is 33.8 Å². The van der Waals surface area contributed by atoms with Crippen molar-refractivity contribution >= 4 is 27.7 Å². The van der Waals surface area contributed by atoms with Gasteiger partial charge in [-0.2, -0.15) is 11.8 Å². The molecule has 0 amide bonds. The average Bonchev–Trinajstić information content (AvgIpc) is 2.38. The summed E-state index contributed by atoms with van der Waals surface area (Å²) in [5.74, 6) is 0. The van der Waals surface area contributed by atoms with Crippen LogP contribution in [0.15, 0.2) is 22.7 Å². The smallest absolute Gasteiger partial charge is 0.0222 e. The van der Waals surface area contributed by atoms with E-state index >= 15 is 0 Å². The van der Waals surface area contributed by atoms with Crippen LogP contribution in [0.5, 0.6) is 0 Å². The topological polar surface area (TPSA) is 12.0 Å². The molecule has 0 spiro atoms. The molecule has 1 nitrogen and oxygen atoms in total. The maximum absolute atomic E-state index is 3.72. The lowest BCUT2D eigenvalue weighted by Gasteiger charge is -2.29. The van der Waals surface area contributed by atoms with Crippen LogP contribution in [0.4, 0.5) is 0 Å². The minimum Gasteiger partial charge on any atom is -0.310 e. The van der Waals surface area contributed by atoms with E-state index in [-0.39, 0.29) is 0 Å². The van der Waals surface area contributed by atoms with Gasteiger partial charge in [0.2, 0.25) is 0 Å². The van der Waals surface area contributed by atoms with Crippen LogP contribution in [0.1, 0.15) is 36.8 Å². The standard InChI is InChI=1S/C15H22BrNS/c1-11-6-7-12(15(16)8-11)10-17-13-4-3-5-14(9-13)18-2/h6-8,13-14,17H,3-5,9-10H2,1-2H3. The molecule has 100 valence electrons. The minimum atomic E-state index is 0.699. The molecule has 1 N–H and O–H groups in total. The molecule has 1 aromatic carbocycles. The van der Waals surface area contributed by atoms with Crippen molar-refractivity contribution in [1.29, 1.82) is 0 Å².